The van der Waals surface area contributed by atoms with Gasteiger partial charge >= 0.3 is 0 Å². The van der Waals surface area contributed by atoms with Crippen LogP contribution >= 0.6 is 24.0 Å². The molecule has 0 aliphatic carbocycles. The highest BCUT2D eigenvalue weighted by molar-refractivity contribution is 6.33. The molecule has 1 atom stereocenters. The first-order valence-corrected chi connectivity index (χ1v) is 6.84. The summed E-state index contributed by atoms with van der Waals surface area (Å²) in [6.45, 7) is 3.66. The lowest BCUT2D eigenvalue weighted by molar-refractivity contribution is -0.124. The van der Waals surface area contributed by atoms with Crippen LogP contribution in [0.5, 0.6) is 0 Å². The number of benzene rings is 1. The lowest BCUT2D eigenvalue weighted by Gasteiger charge is -2.09. The van der Waals surface area contributed by atoms with Gasteiger partial charge in [0.05, 0.1) is 17.3 Å². The number of halogens is 2. The van der Waals surface area contributed by atoms with E-state index in [9.17, 15) is 9.59 Å². The first-order valence-electron chi connectivity index (χ1n) is 6.46. The van der Waals surface area contributed by atoms with Crippen molar-refractivity contribution < 1.29 is 9.59 Å². The fourth-order valence-corrected chi connectivity index (χ4v) is 1.82. The predicted molar refractivity (Wildman–Crippen MR) is 88.0 cm³/mol. The second-order valence-electron chi connectivity index (χ2n) is 4.82. The smallest absolute Gasteiger partial charge is 0.243 e. The summed E-state index contributed by atoms with van der Waals surface area (Å²) in [7, 11) is 0. The normalized spacial score (nSPS) is 11.2. The van der Waals surface area contributed by atoms with Gasteiger partial charge in [-0.2, -0.15) is 0 Å². The summed E-state index contributed by atoms with van der Waals surface area (Å²) in [5.74, 6) is -0.502. The first kappa shape index (κ1) is 19.7. The van der Waals surface area contributed by atoms with E-state index in [4.69, 9.17) is 17.3 Å². The van der Waals surface area contributed by atoms with Crippen molar-refractivity contribution in [1.29, 1.82) is 0 Å². The molecule has 118 valence electrons. The Morgan fingerprint density at radius 1 is 1.33 bits per heavy atom. The fraction of sp³-hybridized carbons (Fsp3) is 0.429. The molecule has 0 saturated heterocycles. The molecule has 0 aromatic heterocycles. The second kappa shape index (κ2) is 9.60. The van der Waals surface area contributed by atoms with Gasteiger partial charge < -0.3 is 16.4 Å². The molecule has 0 heterocycles. The number of hydrogen-bond acceptors (Lipinski definition) is 3. The molecule has 0 fully saturated rings. The molecule has 1 unspecified atom stereocenters. The van der Waals surface area contributed by atoms with Crippen molar-refractivity contribution in [2.75, 3.05) is 11.9 Å². The summed E-state index contributed by atoms with van der Waals surface area (Å²) in [5.41, 5.74) is 7.10. The summed E-state index contributed by atoms with van der Waals surface area (Å²) in [6, 6.07) is 5.31. The number of rotatable bonds is 6. The number of nitrogens with one attached hydrogen (secondary N) is 2. The summed E-state index contributed by atoms with van der Waals surface area (Å²) in [4.78, 5) is 23.1. The number of carbonyl (C=O) groups excluding carboxylic acids is 2. The van der Waals surface area contributed by atoms with Gasteiger partial charge in [-0.05, 0) is 38.0 Å². The van der Waals surface area contributed by atoms with Gasteiger partial charge in [0, 0.05) is 12.5 Å². The highest BCUT2D eigenvalue weighted by Crippen LogP contribution is 2.22. The van der Waals surface area contributed by atoms with Crippen LogP contribution in [0.3, 0.4) is 0 Å². The van der Waals surface area contributed by atoms with E-state index in [0.29, 0.717) is 23.6 Å². The topological polar surface area (TPSA) is 84.2 Å². The Morgan fingerprint density at radius 3 is 2.57 bits per heavy atom. The average Bonchev–Trinajstić information content (AvgIpc) is 2.37. The molecule has 7 heteroatoms. The van der Waals surface area contributed by atoms with Crippen molar-refractivity contribution in [3.05, 3.63) is 28.8 Å². The Morgan fingerprint density at radius 2 is 2.00 bits per heavy atom. The quantitative estimate of drug-likeness (QED) is 0.746. The third-order valence-electron chi connectivity index (χ3n) is 2.67. The molecule has 0 spiro atoms. The maximum Gasteiger partial charge on any atom is 0.243 e. The van der Waals surface area contributed by atoms with Gasteiger partial charge in [0.1, 0.15) is 0 Å². The van der Waals surface area contributed by atoms with Gasteiger partial charge in [-0.1, -0.05) is 17.7 Å². The zero-order valence-electron chi connectivity index (χ0n) is 12.1. The Bertz CT molecular complexity index is 493. The zero-order valence-corrected chi connectivity index (χ0v) is 13.7. The van der Waals surface area contributed by atoms with Gasteiger partial charge in [-0.3, -0.25) is 9.59 Å². The van der Waals surface area contributed by atoms with Crippen LogP contribution in [-0.2, 0) is 9.59 Å². The van der Waals surface area contributed by atoms with Gasteiger partial charge in [0.2, 0.25) is 11.8 Å². The van der Waals surface area contributed by atoms with E-state index < -0.39 is 0 Å². The van der Waals surface area contributed by atoms with Gasteiger partial charge in [-0.15, -0.1) is 12.4 Å². The first-order chi connectivity index (χ1) is 9.38. The van der Waals surface area contributed by atoms with Crippen LogP contribution in [-0.4, -0.2) is 24.4 Å². The van der Waals surface area contributed by atoms with Crippen LogP contribution < -0.4 is 16.4 Å². The van der Waals surface area contributed by atoms with E-state index in [1.165, 1.54) is 0 Å². The predicted octanol–water partition coefficient (Wildman–Crippen LogP) is 2.25. The minimum Gasteiger partial charge on any atom is -0.347 e. The molecule has 1 aromatic carbocycles. The van der Waals surface area contributed by atoms with Gasteiger partial charge in [-0.25, -0.2) is 0 Å². The minimum atomic E-state index is -0.315. The number of amides is 2. The molecule has 2 amide bonds. The van der Waals surface area contributed by atoms with Crippen LogP contribution in [0.2, 0.25) is 5.02 Å². The van der Waals surface area contributed by atoms with E-state index in [-0.39, 0.29) is 36.8 Å². The number of hydrogen-bond donors (Lipinski definition) is 3. The summed E-state index contributed by atoms with van der Waals surface area (Å²) in [6.07, 6.45) is 0.910. The Hall–Kier alpha value is -1.30. The zero-order chi connectivity index (χ0) is 15.1. The largest absolute Gasteiger partial charge is 0.347 e. The third-order valence-corrected chi connectivity index (χ3v) is 2.98. The van der Waals surface area contributed by atoms with Crippen molar-refractivity contribution in [3.8, 4) is 0 Å². The van der Waals surface area contributed by atoms with Crippen molar-refractivity contribution in [3.63, 3.8) is 0 Å². The maximum atomic E-state index is 11.7. The molecule has 21 heavy (non-hydrogen) atoms. The number of carbonyl (C=O) groups is 2. The van der Waals surface area contributed by atoms with Crippen LogP contribution in [0.4, 0.5) is 5.69 Å². The van der Waals surface area contributed by atoms with Crippen LogP contribution in [0.25, 0.3) is 0 Å². The molecule has 0 aliphatic heterocycles. The number of anilines is 1. The van der Waals surface area contributed by atoms with Gasteiger partial charge in [0.15, 0.2) is 0 Å². The molecule has 1 aromatic rings. The highest BCUT2D eigenvalue weighted by Gasteiger charge is 2.08. The summed E-state index contributed by atoms with van der Waals surface area (Å²) in [5, 5.41) is 5.66. The Kier molecular flexibility index (Phi) is 9.01. The van der Waals surface area contributed by atoms with Crippen molar-refractivity contribution in [1.82, 2.24) is 5.32 Å². The van der Waals surface area contributed by atoms with E-state index in [0.717, 1.165) is 5.56 Å². The van der Waals surface area contributed by atoms with Crippen LogP contribution in [0.1, 0.15) is 25.3 Å². The molecule has 0 bridgehead atoms. The third kappa shape index (κ3) is 7.90. The summed E-state index contributed by atoms with van der Waals surface area (Å²) >= 11 is 6.00. The minimum absolute atomic E-state index is 0. The summed E-state index contributed by atoms with van der Waals surface area (Å²) < 4.78 is 0. The molecule has 4 N–H and O–H groups in total. The van der Waals surface area contributed by atoms with E-state index in [1.54, 1.807) is 12.1 Å². The molecular formula is C14H21Cl2N3O2. The van der Waals surface area contributed by atoms with E-state index >= 15 is 0 Å². The van der Waals surface area contributed by atoms with Crippen LogP contribution in [0.15, 0.2) is 18.2 Å². The van der Waals surface area contributed by atoms with Gasteiger partial charge in [0.25, 0.3) is 0 Å². The molecule has 0 aliphatic rings. The molecule has 0 saturated carbocycles. The molecule has 5 nitrogen and oxygen atoms in total. The van der Waals surface area contributed by atoms with Crippen LogP contribution in [0, 0.1) is 6.92 Å². The standard InChI is InChI=1S/C14H20ClN3O2.ClH/c1-9-3-5-12(11(15)7-9)18-14(20)8-17-13(19)6-4-10(2)16;/h3,5,7,10H,4,6,8,16H2,1-2H3,(H,17,19)(H,18,20);1H. The molecule has 1 rings (SSSR count). The lowest BCUT2D eigenvalue weighted by Crippen LogP contribution is -2.33. The maximum absolute atomic E-state index is 11.7. The number of nitrogens with two attached hydrogens (primary N) is 1. The molecule has 0 radical (unpaired) electrons. The number of aryl methyl sites for hydroxylation is 1. The van der Waals surface area contributed by atoms with Crippen molar-refractivity contribution >= 4 is 41.5 Å². The highest BCUT2D eigenvalue weighted by atomic mass is 35.5. The Labute approximate surface area is 136 Å². The fourth-order valence-electron chi connectivity index (χ4n) is 1.54. The van der Waals surface area contributed by atoms with Crippen molar-refractivity contribution in [2.24, 2.45) is 5.73 Å². The Balaban J connectivity index is 0.00000400. The SMILES string of the molecule is Cc1ccc(NC(=O)CNC(=O)CCC(C)N)c(Cl)c1.Cl. The lowest BCUT2D eigenvalue weighted by atomic mass is 10.2. The van der Waals surface area contributed by atoms with Crippen molar-refractivity contribution in [2.45, 2.75) is 32.7 Å². The second-order valence-corrected chi connectivity index (χ2v) is 5.23. The monoisotopic (exact) mass is 333 g/mol. The average molecular weight is 334 g/mol. The van der Waals surface area contributed by atoms with E-state index in [1.807, 2.05) is 19.9 Å². The van der Waals surface area contributed by atoms with E-state index in [2.05, 4.69) is 10.6 Å². The molecular weight excluding hydrogens is 313 g/mol.